The number of aryl methyl sites for hydroxylation is 1. The number of carbonyl (C=O) groups is 1. The van der Waals surface area contributed by atoms with Crippen molar-refractivity contribution < 1.29 is 9.53 Å². The standard InChI is InChI=1S/C16H26N2O2S/c1-12(18-10-13(2)20-14(3)11-18)9-17-16(19)7-6-15-5-4-8-21-15/h4-5,8,12-14H,6-7,9-11H2,1-3H3,(H,17,19)/t12-,13-,14-/m1/s1. The summed E-state index contributed by atoms with van der Waals surface area (Å²) in [5.74, 6) is 0.143. The zero-order valence-corrected chi connectivity index (χ0v) is 14.0. The first-order valence-electron chi connectivity index (χ1n) is 7.73. The fourth-order valence-corrected chi connectivity index (χ4v) is 3.46. The first-order chi connectivity index (χ1) is 10.0. The van der Waals surface area contributed by atoms with Crippen molar-refractivity contribution in [1.29, 1.82) is 0 Å². The van der Waals surface area contributed by atoms with Crippen molar-refractivity contribution in [3.63, 3.8) is 0 Å². The first-order valence-corrected chi connectivity index (χ1v) is 8.61. The smallest absolute Gasteiger partial charge is 0.220 e. The van der Waals surface area contributed by atoms with Gasteiger partial charge in [0.05, 0.1) is 12.2 Å². The zero-order valence-electron chi connectivity index (χ0n) is 13.2. The number of ether oxygens (including phenoxy) is 1. The molecule has 1 fully saturated rings. The maximum Gasteiger partial charge on any atom is 0.220 e. The van der Waals surface area contributed by atoms with Gasteiger partial charge in [0.1, 0.15) is 0 Å². The highest BCUT2D eigenvalue weighted by Crippen LogP contribution is 2.13. The Morgan fingerprint density at radius 2 is 2.19 bits per heavy atom. The quantitative estimate of drug-likeness (QED) is 0.876. The second kappa shape index (κ2) is 7.92. The van der Waals surface area contributed by atoms with Crippen LogP contribution in [0.1, 0.15) is 32.1 Å². The van der Waals surface area contributed by atoms with Crippen LogP contribution in [0, 0.1) is 0 Å². The maximum atomic E-state index is 11.9. The van der Waals surface area contributed by atoms with Crippen LogP contribution >= 0.6 is 11.3 Å². The lowest BCUT2D eigenvalue weighted by Gasteiger charge is -2.39. The molecular weight excluding hydrogens is 284 g/mol. The van der Waals surface area contributed by atoms with E-state index in [0.717, 1.165) is 19.5 Å². The van der Waals surface area contributed by atoms with Crippen molar-refractivity contribution in [3.05, 3.63) is 22.4 Å². The summed E-state index contributed by atoms with van der Waals surface area (Å²) in [5, 5.41) is 5.11. The van der Waals surface area contributed by atoms with E-state index in [1.54, 1.807) is 11.3 Å². The number of nitrogens with zero attached hydrogens (tertiary/aromatic N) is 1. The van der Waals surface area contributed by atoms with E-state index in [9.17, 15) is 4.79 Å². The molecule has 0 saturated carbocycles. The van der Waals surface area contributed by atoms with Gasteiger partial charge in [-0.15, -0.1) is 11.3 Å². The van der Waals surface area contributed by atoms with E-state index in [-0.39, 0.29) is 18.1 Å². The van der Waals surface area contributed by atoms with Crippen LogP contribution in [0.4, 0.5) is 0 Å². The maximum absolute atomic E-state index is 11.9. The topological polar surface area (TPSA) is 41.6 Å². The highest BCUT2D eigenvalue weighted by molar-refractivity contribution is 7.09. The normalized spacial score (nSPS) is 24.7. The largest absolute Gasteiger partial charge is 0.373 e. The zero-order chi connectivity index (χ0) is 15.2. The van der Waals surface area contributed by atoms with E-state index in [4.69, 9.17) is 4.74 Å². The molecule has 21 heavy (non-hydrogen) atoms. The Labute approximate surface area is 131 Å². The summed E-state index contributed by atoms with van der Waals surface area (Å²) in [4.78, 5) is 15.6. The van der Waals surface area contributed by atoms with Gasteiger partial charge in [-0.25, -0.2) is 0 Å². The molecule has 4 nitrogen and oxygen atoms in total. The molecule has 2 heterocycles. The fraction of sp³-hybridized carbons (Fsp3) is 0.688. The van der Waals surface area contributed by atoms with Gasteiger partial charge in [-0.3, -0.25) is 9.69 Å². The van der Waals surface area contributed by atoms with E-state index in [1.165, 1.54) is 4.88 Å². The molecule has 0 unspecified atom stereocenters. The Balaban J connectivity index is 1.68. The molecule has 3 atom stereocenters. The van der Waals surface area contributed by atoms with Crippen LogP contribution in [0.3, 0.4) is 0 Å². The van der Waals surface area contributed by atoms with Crippen LogP contribution in [0.15, 0.2) is 17.5 Å². The summed E-state index contributed by atoms with van der Waals surface area (Å²) in [6.45, 7) is 8.98. The van der Waals surface area contributed by atoms with Crippen LogP contribution in [-0.4, -0.2) is 48.7 Å². The van der Waals surface area contributed by atoms with E-state index >= 15 is 0 Å². The summed E-state index contributed by atoms with van der Waals surface area (Å²) in [5.41, 5.74) is 0. The molecule has 1 amide bonds. The molecule has 0 radical (unpaired) electrons. The molecule has 2 rings (SSSR count). The van der Waals surface area contributed by atoms with Crippen LogP contribution in [0.5, 0.6) is 0 Å². The minimum atomic E-state index is 0.143. The molecule has 1 aliphatic heterocycles. The van der Waals surface area contributed by atoms with Gasteiger partial charge in [-0.05, 0) is 38.6 Å². The number of morpholine rings is 1. The Morgan fingerprint density at radius 3 is 2.81 bits per heavy atom. The van der Waals surface area contributed by atoms with Gasteiger partial charge in [0.15, 0.2) is 0 Å². The van der Waals surface area contributed by atoms with E-state index in [0.29, 0.717) is 19.0 Å². The van der Waals surface area contributed by atoms with Crippen molar-refractivity contribution in [2.24, 2.45) is 0 Å². The van der Waals surface area contributed by atoms with Gasteiger partial charge in [0.25, 0.3) is 0 Å². The number of rotatable bonds is 6. The summed E-state index contributed by atoms with van der Waals surface area (Å²) >= 11 is 1.71. The average Bonchev–Trinajstić information content (AvgIpc) is 2.94. The summed E-state index contributed by atoms with van der Waals surface area (Å²) < 4.78 is 5.74. The first kappa shape index (κ1) is 16.5. The monoisotopic (exact) mass is 310 g/mol. The predicted molar refractivity (Wildman–Crippen MR) is 86.7 cm³/mol. The van der Waals surface area contributed by atoms with Crippen LogP contribution in [-0.2, 0) is 16.0 Å². The lowest BCUT2D eigenvalue weighted by molar-refractivity contribution is -0.121. The molecule has 0 bridgehead atoms. The van der Waals surface area contributed by atoms with Crippen LogP contribution < -0.4 is 5.32 Å². The van der Waals surface area contributed by atoms with Crippen molar-refractivity contribution in [1.82, 2.24) is 10.2 Å². The van der Waals surface area contributed by atoms with Crippen LogP contribution in [0.25, 0.3) is 0 Å². The Bertz CT molecular complexity index is 425. The molecule has 0 spiro atoms. The third kappa shape index (κ3) is 5.41. The molecule has 0 aliphatic carbocycles. The van der Waals surface area contributed by atoms with Crippen molar-refractivity contribution >= 4 is 17.2 Å². The van der Waals surface area contributed by atoms with Gasteiger partial charge in [-0.1, -0.05) is 6.07 Å². The SMILES string of the molecule is C[C@@H]1CN([C@H](C)CNC(=O)CCc2cccs2)C[C@@H](C)O1. The summed E-state index contributed by atoms with van der Waals surface area (Å²) in [6, 6.07) is 4.46. The number of nitrogens with one attached hydrogen (secondary N) is 1. The number of thiophene rings is 1. The number of hydrogen-bond donors (Lipinski definition) is 1. The fourth-order valence-electron chi connectivity index (χ4n) is 2.75. The molecule has 1 aromatic rings. The Morgan fingerprint density at radius 1 is 1.48 bits per heavy atom. The van der Waals surface area contributed by atoms with Gasteiger partial charge in [0, 0.05) is 37.0 Å². The van der Waals surface area contributed by atoms with Crippen LogP contribution in [0.2, 0.25) is 0 Å². The van der Waals surface area contributed by atoms with Gasteiger partial charge in [-0.2, -0.15) is 0 Å². The second-order valence-corrected chi connectivity index (χ2v) is 6.98. The molecule has 1 N–H and O–H groups in total. The summed E-state index contributed by atoms with van der Waals surface area (Å²) in [7, 11) is 0. The van der Waals surface area contributed by atoms with Gasteiger partial charge < -0.3 is 10.1 Å². The molecule has 5 heteroatoms. The third-order valence-electron chi connectivity index (χ3n) is 3.84. The minimum absolute atomic E-state index is 0.143. The van der Waals surface area contributed by atoms with E-state index in [1.807, 2.05) is 6.07 Å². The summed E-state index contributed by atoms with van der Waals surface area (Å²) in [6.07, 6.45) is 1.95. The molecule has 1 aliphatic rings. The predicted octanol–water partition coefficient (Wildman–Crippen LogP) is 2.29. The van der Waals surface area contributed by atoms with E-state index in [2.05, 4.69) is 42.4 Å². The van der Waals surface area contributed by atoms with Gasteiger partial charge >= 0.3 is 0 Å². The Hall–Kier alpha value is -0.910. The van der Waals surface area contributed by atoms with E-state index < -0.39 is 0 Å². The molecule has 118 valence electrons. The molecular formula is C16H26N2O2S. The number of hydrogen-bond acceptors (Lipinski definition) is 4. The minimum Gasteiger partial charge on any atom is -0.373 e. The van der Waals surface area contributed by atoms with Crippen molar-refractivity contribution in [2.45, 2.75) is 51.9 Å². The van der Waals surface area contributed by atoms with Crippen molar-refractivity contribution in [2.75, 3.05) is 19.6 Å². The highest BCUT2D eigenvalue weighted by Gasteiger charge is 2.25. The number of amides is 1. The molecule has 0 aromatic carbocycles. The average molecular weight is 310 g/mol. The van der Waals surface area contributed by atoms with Crippen molar-refractivity contribution in [3.8, 4) is 0 Å². The lowest BCUT2D eigenvalue weighted by atomic mass is 10.1. The second-order valence-electron chi connectivity index (χ2n) is 5.94. The highest BCUT2D eigenvalue weighted by atomic mass is 32.1. The molecule has 1 aromatic heterocycles. The van der Waals surface area contributed by atoms with Gasteiger partial charge in [0.2, 0.25) is 5.91 Å². The lowest BCUT2D eigenvalue weighted by Crippen LogP contribution is -2.52. The third-order valence-corrected chi connectivity index (χ3v) is 4.78. The Kier molecular flexibility index (Phi) is 6.21. The molecule has 1 saturated heterocycles. The number of carbonyl (C=O) groups excluding carboxylic acids is 1.